The van der Waals surface area contributed by atoms with Crippen LogP contribution in [0.15, 0.2) is 72.8 Å². The predicted octanol–water partition coefficient (Wildman–Crippen LogP) is 5.22. The monoisotopic (exact) mass is 428 g/mol. The number of anilines is 1. The van der Waals surface area contributed by atoms with Crippen molar-refractivity contribution >= 4 is 22.6 Å². The van der Waals surface area contributed by atoms with E-state index in [9.17, 15) is 9.18 Å². The van der Waals surface area contributed by atoms with Crippen LogP contribution in [-0.2, 0) is 11.3 Å². The summed E-state index contributed by atoms with van der Waals surface area (Å²) in [5, 5.41) is 3.06. The minimum Gasteiger partial charge on any atom is -0.338 e. The fraction of sp³-hybridized carbons (Fsp3) is 0.231. The minimum absolute atomic E-state index is 0.00881. The maximum absolute atomic E-state index is 13.1. The van der Waals surface area contributed by atoms with E-state index in [2.05, 4.69) is 20.2 Å². The quantitative estimate of drug-likeness (QED) is 0.458. The Morgan fingerprint density at radius 3 is 2.44 bits per heavy atom. The topological polar surface area (TPSA) is 61.0 Å². The Bertz CT molecular complexity index is 1180. The molecule has 6 heteroatoms. The van der Waals surface area contributed by atoms with Gasteiger partial charge in [0, 0.05) is 23.7 Å². The van der Waals surface area contributed by atoms with Gasteiger partial charge in [-0.3, -0.25) is 9.69 Å². The zero-order chi connectivity index (χ0) is 21.9. The minimum atomic E-state index is -0.213. The SMILES string of the molecule is O=C(Nc1ccc(-c2nc3ccccc3[nH]2)cc1)C1CCN(Cc2ccc(F)cc2)CC1. The maximum atomic E-state index is 13.1. The van der Waals surface area contributed by atoms with Crippen molar-refractivity contribution in [1.29, 1.82) is 0 Å². The highest BCUT2D eigenvalue weighted by Gasteiger charge is 2.25. The number of carbonyl (C=O) groups excluding carboxylic acids is 1. The van der Waals surface area contributed by atoms with Gasteiger partial charge in [-0.25, -0.2) is 9.37 Å². The summed E-state index contributed by atoms with van der Waals surface area (Å²) in [6.07, 6.45) is 1.65. The number of rotatable bonds is 5. The summed E-state index contributed by atoms with van der Waals surface area (Å²) in [7, 11) is 0. The lowest BCUT2D eigenvalue weighted by molar-refractivity contribution is -0.121. The smallest absolute Gasteiger partial charge is 0.227 e. The van der Waals surface area contributed by atoms with Crippen molar-refractivity contribution in [2.24, 2.45) is 5.92 Å². The molecule has 5 nitrogen and oxygen atoms in total. The van der Waals surface area contributed by atoms with Gasteiger partial charge in [-0.05, 0) is 80.0 Å². The van der Waals surface area contributed by atoms with Gasteiger partial charge in [0.25, 0.3) is 0 Å². The molecule has 32 heavy (non-hydrogen) atoms. The van der Waals surface area contributed by atoms with Crippen LogP contribution in [0.4, 0.5) is 10.1 Å². The third kappa shape index (κ3) is 4.55. The van der Waals surface area contributed by atoms with Gasteiger partial charge in [0.1, 0.15) is 11.6 Å². The fourth-order valence-electron chi connectivity index (χ4n) is 4.25. The van der Waals surface area contributed by atoms with Crippen LogP contribution in [0.5, 0.6) is 0 Å². The van der Waals surface area contributed by atoms with Crippen LogP contribution in [-0.4, -0.2) is 33.9 Å². The first-order valence-corrected chi connectivity index (χ1v) is 11.0. The molecule has 0 radical (unpaired) electrons. The standard InChI is InChI=1S/C26H25FN4O/c27-21-9-5-18(6-10-21)17-31-15-13-20(14-16-31)26(32)28-22-11-7-19(8-12-22)25-29-23-3-1-2-4-24(23)30-25/h1-12,20H,13-17H2,(H,28,32)(H,29,30). The number of H-pyrrole nitrogens is 1. The third-order valence-corrected chi connectivity index (χ3v) is 6.09. The van der Waals surface area contributed by atoms with Gasteiger partial charge >= 0.3 is 0 Å². The van der Waals surface area contributed by atoms with E-state index in [-0.39, 0.29) is 17.6 Å². The number of aromatic amines is 1. The Hall–Kier alpha value is -3.51. The molecule has 162 valence electrons. The molecule has 0 unspecified atom stereocenters. The summed E-state index contributed by atoms with van der Waals surface area (Å²) in [6, 6.07) is 22.4. The number of para-hydroxylation sites is 2. The van der Waals surface area contributed by atoms with Crippen molar-refractivity contribution in [2.45, 2.75) is 19.4 Å². The number of piperidine rings is 1. The highest BCUT2D eigenvalue weighted by atomic mass is 19.1. The van der Waals surface area contributed by atoms with Crippen LogP contribution >= 0.6 is 0 Å². The summed E-state index contributed by atoms with van der Waals surface area (Å²) in [5.41, 5.74) is 4.81. The van der Waals surface area contributed by atoms with Crippen molar-refractivity contribution in [3.8, 4) is 11.4 Å². The number of fused-ring (bicyclic) bond motifs is 1. The molecule has 1 amide bonds. The summed E-state index contributed by atoms with van der Waals surface area (Å²) in [6.45, 7) is 2.51. The molecule has 4 aromatic rings. The number of amides is 1. The summed E-state index contributed by atoms with van der Waals surface area (Å²) < 4.78 is 13.1. The van der Waals surface area contributed by atoms with Crippen molar-refractivity contribution in [3.63, 3.8) is 0 Å². The van der Waals surface area contributed by atoms with E-state index >= 15 is 0 Å². The molecule has 0 aliphatic carbocycles. The maximum Gasteiger partial charge on any atom is 0.227 e. The Balaban J connectivity index is 1.15. The molecule has 3 aromatic carbocycles. The number of carbonyl (C=O) groups is 1. The summed E-state index contributed by atoms with van der Waals surface area (Å²) >= 11 is 0. The number of hydrogen-bond donors (Lipinski definition) is 2. The normalized spacial score (nSPS) is 15.2. The Labute approximate surface area is 186 Å². The van der Waals surface area contributed by atoms with Crippen molar-refractivity contribution in [2.75, 3.05) is 18.4 Å². The number of likely N-dealkylation sites (tertiary alicyclic amines) is 1. The van der Waals surface area contributed by atoms with Crippen LogP contribution in [0, 0.1) is 11.7 Å². The van der Waals surface area contributed by atoms with E-state index < -0.39 is 0 Å². The lowest BCUT2D eigenvalue weighted by atomic mass is 9.95. The number of aromatic nitrogens is 2. The highest BCUT2D eigenvalue weighted by Crippen LogP contribution is 2.24. The molecule has 1 aliphatic rings. The van der Waals surface area contributed by atoms with Gasteiger partial charge in [0.15, 0.2) is 0 Å². The molecule has 0 bridgehead atoms. The van der Waals surface area contributed by atoms with Crippen LogP contribution in [0.1, 0.15) is 18.4 Å². The van der Waals surface area contributed by atoms with E-state index in [1.54, 1.807) is 0 Å². The zero-order valence-corrected chi connectivity index (χ0v) is 17.7. The first-order valence-electron chi connectivity index (χ1n) is 11.0. The second-order valence-electron chi connectivity index (χ2n) is 8.35. The van der Waals surface area contributed by atoms with Gasteiger partial charge in [0.2, 0.25) is 5.91 Å². The number of benzene rings is 3. The van der Waals surface area contributed by atoms with Crippen LogP contribution in [0.2, 0.25) is 0 Å². The molecule has 2 heterocycles. The van der Waals surface area contributed by atoms with Gasteiger partial charge in [-0.2, -0.15) is 0 Å². The van der Waals surface area contributed by atoms with E-state index in [1.165, 1.54) is 12.1 Å². The largest absolute Gasteiger partial charge is 0.338 e. The first kappa shape index (κ1) is 20.4. The molecule has 5 rings (SSSR count). The molecular formula is C26H25FN4O. The molecule has 1 fully saturated rings. The van der Waals surface area contributed by atoms with Crippen LogP contribution in [0.25, 0.3) is 22.4 Å². The van der Waals surface area contributed by atoms with Gasteiger partial charge < -0.3 is 10.3 Å². The number of nitrogens with one attached hydrogen (secondary N) is 2. The lowest BCUT2D eigenvalue weighted by Gasteiger charge is -2.31. The molecule has 0 saturated carbocycles. The van der Waals surface area contributed by atoms with Crippen molar-refractivity contribution in [3.05, 3.63) is 84.2 Å². The van der Waals surface area contributed by atoms with E-state index in [4.69, 9.17) is 0 Å². The molecule has 2 N–H and O–H groups in total. The molecule has 0 spiro atoms. The summed E-state index contributed by atoms with van der Waals surface area (Å²) in [4.78, 5) is 23.0. The van der Waals surface area contributed by atoms with Crippen LogP contribution in [0.3, 0.4) is 0 Å². The molecule has 0 atom stereocenters. The second-order valence-corrected chi connectivity index (χ2v) is 8.35. The predicted molar refractivity (Wildman–Crippen MR) is 125 cm³/mol. The second kappa shape index (κ2) is 8.93. The Morgan fingerprint density at radius 1 is 1.00 bits per heavy atom. The number of hydrogen-bond acceptors (Lipinski definition) is 3. The van der Waals surface area contributed by atoms with Gasteiger partial charge in [-0.1, -0.05) is 24.3 Å². The Morgan fingerprint density at radius 2 is 1.72 bits per heavy atom. The van der Waals surface area contributed by atoms with Crippen molar-refractivity contribution in [1.82, 2.24) is 14.9 Å². The third-order valence-electron chi connectivity index (χ3n) is 6.09. The van der Waals surface area contributed by atoms with Gasteiger partial charge in [0.05, 0.1) is 11.0 Å². The number of imidazole rings is 1. The number of halogens is 1. The van der Waals surface area contributed by atoms with E-state index in [0.29, 0.717) is 0 Å². The van der Waals surface area contributed by atoms with Gasteiger partial charge in [-0.15, -0.1) is 0 Å². The van der Waals surface area contributed by atoms with Crippen molar-refractivity contribution < 1.29 is 9.18 Å². The summed E-state index contributed by atoms with van der Waals surface area (Å²) in [5.74, 6) is 0.685. The zero-order valence-electron chi connectivity index (χ0n) is 17.7. The van der Waals surface area contributed by atoms with E-state index in [1.807, 2.05) is 60.7 Å². The number of nitrogens with zero attached hydrogens (tertiary/aromatic N) is 2. The lowest BCUT2D eigenvalue weighted by Crippen LogP contribution is -2.37. The highest BCUT2D eigenvalue weighted by molar-refractivity contribution is 5.93. The first-order chi connectivity index (χ1) is 15.6. The molecule has 1 saturated heterocycles. The average Bonchev–Trinajstić information content (AvgIpc) is 3.26. The van der Waals surface area contributed by atoms with Crippen LogP contribution < -0.4 is 5.32 Å². The van der Waals surface area contributed by atoms with E-state index in [0.717, 1.165) is 66.1 Å². The molecular weight excluding hydrogens is 403 g/mol. The fourth-order valence-corrected chi connectivity index (χ4v) is 4.25. The average molecular weight is 429 g/mol. The molecule has 1 aliphatic heterocycles. The Kier molecular flexibility index (Phi) is 5.69. The molecule has 1 aromatic heterocycles.